The van der Waals surface area contributed by atoms with Crippen molar-refractivity contribution in [2.45, 2.75) is 25.5 Å². The Hall–Kier alpha value is -2.28. The third-order valence-corrected chi connectivity index (χ3v) is 3.88. The molecule has 1 aromatic carbocycles. The summed E-state index contributed by atoms with van der Waals surface area (Å²) in [7, 11) is 1.49. The predicted octanol–water partition coefficient (Wildman–Crippen LogP) is 2.38. The number of rotatable bonds is 3. The molecule has 2 atom stereocenters. The molecule has 1 aromatic heterocycles. The fourth-order valence-corrected chi connectivity index (χ4v) is 2.86. The van der Waals surface area contributed by atoms with E-state index in [2.05, 4.69) is 9.97 Å². The fraction of sp³-hybridized carbons (Fsp3) is 0.375. The Morgan fingerprint density at radius 3 is 2.78 bits per heavy atom. The summed E-state index contributed by atoms with van der Waals surface area (Å²) in [6, 6.07) is 4.45. The Bertz CT molecular complexity index is 726. The van der Waals surface area contributed by atoms with Crippen molar-refractivity contribution in [3.05, 3.63) is 47.2 Å². The molecule has 7 heteroatoms. The average molecular weight is 321 g/mol. The lowest BCUT2D eigenvalue weighted by Crippen LogP contribution is -2.27. The highest BCUT2D eigenvalue weighted by molar-refractivity contribution is 5.42. The topological polar surface area (TPSA) is 58.5 Å². The van der Waals surface area contributed by atoms with Gasteiger partial charge in [0.2, 0.25) is 11.8 Å². The highest BCUT2D eigenvalue weighted by Gasteiger charge is 2.35. The zero-order chi connectivity index (χ0) is 16.6. The molecule has 122 valence electrons. The van der Waals surface area contributed by atoms with Gasteiger partial charge in [-0.15, -0.1) is 0 Å². The SMILES string of the molecule is COc1cc(C)nc(N2C[C@H](O)C[C@@H]2c2cc(F)ccc2F)n1. The Balaban J connectivity index is 2.03. The molecule has 0 radical (unpaired) electrons. The summed E-state index contributed by atoms with van der Waals surface area (Å²) in [4.78, 5) is 10.3. The van der Waals surface area contributed by atoms with Crippen molar-refractivity contribution in [1.82, 2.24) is 9.97 Å². The lowest BCUT2D eigenvalue weighted by molar-refractivity contribution is 0.194. The molecular formula is C16H17F2N3O2. The lowest BCUT2D eigenvalue weighted by Gasteiger charge is -2.25. The van der Waals surface area contributed by atoms with Gasteiger partial charge in [-0.3, -0.25) is 0 Å². The van der Waals surface area contributed by atoms with E-state index in [4.69, 9.17) is 4.74 Å². The van der Waals surface area contributed by atoms with Crippen LogP contribution in [-0.4, -0.2) is 34.8 Å². The Kier molecular flexibility index (Phi) is 4.12. The standard InChI is InChI=1S/C16H17F2N3O2/c1-9-5-15(23-2)20-16(19-9)21-8-11(22)7-14(21)12-6-10(17)3-4-13(12)18/h3-6,11,14,22H,7-8H2,1-2H3/t11-,14-/m1/s1. The van der Waals surface area contributed by atoms with Gasteiger partial charge in [0.05, 0.1) is 19.3 Å². The largest absolute Gasteiger partial charge is 0.481 e. The van der Waals surface area contributed by atoms with Crippen LogP contribution in [0.4, 0.5) is 14.7 Å². The summed E-state index contributed by atoms with van der Waals surface area (Å²) >= 11 is 0. The number of aromatic nitrogens is 2. The Labute approximate surface area is 132 Å². The zero-order valence-corrected chi connectivity index (χ0v) is 12.8. The lowest BCUT2D eigenvalue weighted by atomic mass is 10.0. The van der Waals surface area contributed by atoms with Gasteiger partial charge >= 0.3 is 0 Å². The van der Waals surface area contributed by atoms with Crippen LogP contribution in [0.25, 0.3) is 0 Å². The quantitative estimate of drug-likeness (QED) is 0.940. The molecule has 3 rings (SSSR count). The van der Waals surface area contributed by atoms with Crippen LogP contribution in [0.3, 0.4) is 0 Å². The number of aryl methyl sites for hydroxylation is 1. The molecule has 0 saturated carbocycles. The van der Waals surface area contributed by atoms with E-state index in [-0.39, 0.29) is 18.5 Å². The Morgan fingerprint density at radius 1 is 1.26 bits per heavy atom. The first kappa shape index (κ1) is 15.6. The van der Waals surface area contributed by atoms with Crippen molar-refractivity contribution in [3.8, 4) is 5.88 Å². The van der Waals surface area contributed by atoms with E-state index in [1.807, 2.05) is 0 Å². The molecule has 1 aliphatic heterocycles. The first-order valence-electron chi connectivity index (χ1n) is 7.27. The number of β-amino-alcohol motifs (C(OH)–C–C–N with tert-alkyl or cyclic N) is 1. The van der Waals surface area contributed by atoms with Crippen molar-refractivity contribution < 1.29 is 18.6 Å². The van der Waals surface area contributed by atoms with Crippen LogP contribution in [-0.2, 0) is 0 Å². The second kappa shape index (κ2) is 6.08. The second-order valence-electron chi connectivity index (χ2n) is 5.58. The smallest absolute Gasteiger partial charge is 0.229 e. The molecular weight excluding hydrogens is 304 g/mol. The van der Waals surface area contributed by atoms with Crippen LogP contribution >= 0.6 is 0 Å². The molecule has 1 aliphatic rings. The van der Waals surface area contributed by atoms with Gasteiger partial charge in [-0.05, 0) is 31.5 Å². The average Bonchev–Trinajstić information content (AvgIpc) is 2.91. The number of methoxy groups -OCH3 is 1. The molecule has 0 unspecified atom stereocenters. The summed E-state index contributed by atoms with van der Waals surface area (Å²) in [5.41, 5.74) is 0.873. The van der Waals surface area contributed by atoms with Crippen LogP contribution in [0.1, 0.15) is 23.7 Å². The van der Waals surface area contributed by atoms with Gasteiger partial charge in [0.1, 0.15) is 11.6 Å². The van der Waals surface area contributed by atoms with Crippen molar-refractivity contribution in [1.29, 1.82) is 0 Å². The number of ether oxygens (including phenoxy) is 1. The van der Waals surface area contributed by atoms with Gasteiger partial charge in [-0.25, -0.2) is 13.8 Å². The molecule has 2 aromatic rings. The molecule has 23 heavy (non-hydrogen) atoms. The number of halogens is 2. The second-order valence-corrected chi connectivity index (χ2v) is 5.58. The minimum Gasteiger partial charge on any atom is -0.481 e. The molecule has 0 bridgehead atoms. The number of aliphatic hydroxyl groups is 1. The molecule has 0 aliphatic carbocycles. The van der Waals surface area contributed by atoms with Gasteiger partial charge in [0, 0.05) is 23.9 Å². The number of anilines is 1. The number of hydrogen-bond acceptors (Lipinski definition) is 5. The normalized spacial score (nSPS) is 20.8. The van der Waals surface area contributed by atoms with Gasteiger partial charge in [0.15, 0.2) is 0 Å². The van der Waals surface area contributed by atoms with Gasteiger partial charge in [-0.1, -0.05) is 0 Å². The maximum absolute atomic E-state index is 14.1. The van der Waals surface area contributed by atoms with Crippen LogP contribution in [0, 0.1) is 18.6 Å². The zero-order valence-electron chi connectivity index (χ0n) is 12.8. The fourth-order valence-electron chi connectivity index (χ4n) is 2.86. The third-order valence-electron chi connectivity index (χ3n) is 3.88. The van der Waals surface area contributed by atoms with E-state index in [0.717, 1.165) is 18.2 Å². The summed E-state index contributed by atoms with van der Waals surface area (Å²) in [6.07, 6.45) is -0.391. The van der Waals surface area contributed by atoms with E-state index >= 15 is 0 Å². The molecule has 2 heterocycles. The first-order chi connectivity index (χ1) is 11.0. The summed E-state index contributed by atoms with van der Waals surface area (Å²) in [5, 5.41) is 10.0. The minimum atomic E-state index is -0.669. The van der Waals surface area contributed by atoms with E-state index in [1.54, 1.807) is 17.9 Å². The molecule has 1 fully saturated rings. The van der Waals surface area contributed by atoms with E-state index in [0.29, 0.717) is 17.5 Å². The van der Waals surface area contributed by atoms with Crippen molar-refractivity contribution >= 4 is 5.95 Å². The van der Waals surface area contributed by atoms with E-state index in [1.165, 1.54) is 7.11 Å². The first-order valence-corrected chi connectivity index (χ1v) is 7.27. The van der Waals surface area contributed by atoms with Gasteiger partial charge < -0.3 is 14.7 Å². The number of aliphatic hydroxyl groups excluding tert-OH is 1. The molecule has 5 nitrogen and oxygen atoms in total. The monoisotopic (exact) mass is 321 g/mol. The highest BCUT2D eigenvalue weighted by atomic mass is 19.1. The molecule has 1 N–H and O–H groups in total. The predicted molar refractivity (Wildman–Crippen MR) is 80.4 cm³/mol. The maximum Gasteiger partial charge on any atom is 0.229 e. The van der Waals surface area contributed by atoms with E-state index in [9.17, 15) is 13.9 Å². The molecule has 1 saturated heterocycles. The molecule has 0 amide bonds. The number of nitrogens with zero attached hydrogens (tertiary/aromatic N) is 3. The van der Waals surface area contributed by atoms with Crippen LogP contribution in [0.2, 0.25) is 0 Å². The number of hydrogen-bond donors (Lipinski definition) is 1. The Morgan fingerprint density at radius 2 is 2.04 bits per heavy atom. The van der Waals surface area contributed by atoms with Crippen LogP contribution < -0.4 is 9.64 Å². The summed E-state index contributed by atoms with van der Waals surface area (Å²) < 4.78 is 32.8. The third kappa shape index (κ3) is 3.10. The van der Waals surface area contributed by atoms with Crippen molar-refractivity contribution in [2.75, 3.05) is 18.6 Å². The summed E-state index contributed by atoms with van der Waals surface area (Å²) in [6.45, 7) is 2.03. The maximum atomic E-state index is 14.1. The van der Waals surface area contributed by atoms with E-state index < -0.39 is 23.8 Å². The van der Waals surface area contributed by atoms with Crippen LogP contribution in [0.15, 0.2) is 24.3 Å². The minimum absolute atomic E-state index is 0.186. The van der Waals surface area contributed by atoms with Gasteiger partial charge in [-0.2, -0.15) is 4.98 Å². The summed E-state index contributed by atoms with van der Waals surface area (Å²) in [5.74, 6) is -0.333. The van der Waals surface area contributed by atoms with Crippen molar-refractivity contribution in [3.63, 3.8) is 0 Å². The van der Waals surface area contributed by atoms with Gasteiger partial charge in [0.25, 0.3) is 0 Å². The van der Waals surface area contributed by atoms with Crippen LogP contribution in [0.5, 0.6) is 5.88 Å². The molecule has 0 spiro atoms. The number of benzene rings is 1. The van der Waals surface area contributed by atoms with Crippen molar-refractivity contribution in [2.24, 2.45) is 0 Å². The highest BCUT2D eigenvalue weighted by Crippen LogP contribution is 2.36.